The number of hydrogen-bond acceptors (Lipinski definition) is 5. The summed E-state index contributed by atoms with van der Waals surface area (Å²) in [5.41, 5.74) is 1.22. The number of benzene rings is 1. The molecule has 0 radical (unpaired) electrons. The third-order valence-electron chi connectivity index (χ3n) is 2.26. The molecular formula is C13H11BrN2O3S. The molecule has 20 heavy (non-hydrogen) atoms. The van der Waals surface area contributed by atoms with E-state index in [1.54, 1.807) is 24.3 Å². The highest BCUT2D eigenvalue weighted by molar-refractivity contribution is 9.10. The lowest BCUT2D eigenvalue weighted by Crippen LogP contribution is -2.20. The first-order valence-corrected chi connectivity index (χ1v) is 7.36. The van der Waals surface area contributed by atoms with E-state index >= 15 is 0 Å². The standard InChI is InChI=1S/C13H11BrN2O3S/c1-8-7-20-13(15-8)16-11(17)6-19-12(18)9-3-2-4-10(14)5-9/h2-5,7H,6H2,1H3,(H,15,16,17). The van der Waals surface area contributed by atoms with E-state index in [0.717, 1.165) is 10.2 Å². The van der Waals surface area contributed by atoms with Gasteiger partial charge in [0.1, 0.15) is 0 Å². The molecule has 0 unspecified atom stereocenters. The van der Waals surface area contributed by atoms with Gasteiger partial charge in [0.2, 0.25) is 0 Å². The van der Waals surface area contributed by atoms with Gasteiger partial charge >= 0.3 is 5.97 Å². The topological polar surface area (TPSA) is 68.3 Å². The van der Waals surface area contributed by atoms with Crippen molar-refractivity contribution in [3.8, 4) is 0 Å². The molecular weight excluding hydrogens is 344 g/mol. The highest BCUT2D eigenvalue weighted by atomic mass is 79.9. The van der Waals surface area contributed by atoms with E-state index in [0.29, 0.717) is 10.7 Å². The van der Waals surface area contributed by atoms with Gasteiger partial charge < -0.3 is 4.74 Å². The molecule has 7 heteroatoms. The Morgan fingerprint density at radius 2 is 2.25 bits per heavy atom. The van der Waals surface area contributed by atoms with Crippen LogP contribution in [0.1, 0.15) is 16.1 Å². The van der Waals surface area contributed by atoms with E-state index in [4.69, 9.17) is 4.74 Å². The lowest BCUT2D eigenvalue weighted by Gasteiger charge is -2.04. The van der Waals surface area contributed by atoms with E-state index in [-0.39, 0.29) is 6.61 Å². The van der Waals surface area contributed by atoms with Crippen LogP contribution in [0.2, 0.25) is 0 Å². The second-order valence-corrected chi connectivity index (χ2v) is 5.70. The quantitative estimate of drug-likeness (QED) is 0.856. The molecule has 0 aliphatic carbocycles. The number of rotatable bonds is 4. The number of ether oxygens (including phenoxy) is 1. The van der Waals surface area contributed by atoms with Crippen molar-refractivity contribution >= 4 is 44.3 Å². The molecule has 5 nitrogen and oxygen atoms in total. The average Bonchev–Trinajstić information content (AvgIpc) is 2.81. The third kappa shape index (κ3) is 4.14. The van der Waals surface area contributed by atoms with Gasteiger partial charge in [0.25, 0.3) is 5.91 Å². The first-order valence-electron chi connectivity index (χ1n) is 5.69. The first-order chi connectivity index (χ1) is 9.54. The lowest BCUT2D eigenvalue weighted by atomic mass is 10.2. The number of nitrogens with one attached hydrogen (secondary N) is 1. The van der Waals surface area contributed by atoms with Crippen molar-refractivity contribution in [2.45, 2.75) is 6.92 Å². The maximum Gasteiger partial charge on any atom is 0.338 e. The Kier molecular flexibility index (Phi) is 4.86. The zero-order chi connectivity index (χ0) is 14.5. The van der Waals surface area contributed by atoms with Crippen LogP contribution in [0.15, 0.2) is 34.1 Å². The molecule has 1 aromatic heterocycles. The Bertz CT molecular complexity index is 642. The Hall–Kier alpha value is -1.73. The summed E-state index contributed by atoms with van der Waals surface area (Å²) >= 11 is 4.58. The predicted octanol–water partition coefficient (Wildman–Crippen LogP) is 3.01. The van der Waals surface area contributed by atoms with Gasteiger partial charge in [-0.2, -0.15) is 0 Å². The largest absolute Gasteiger partial charge is 0.452 e. The summed E-state index contributed by atoms with van der Waals surface area (Å²) in [5.74, 6) is -0.959. The van der Waals surface area contributed by atoms with Crippen LogP contribution in [0, 0.1) is 6.92 Å². The molecule has 2 rings (SSSR count). The number of hydrogen-bond donors (Lipinski definition) is 1. The van der Waals surface area contributed by atoms with Gasteiger partial charge in [-0.25, -0.2) is 9.78 Å². The normalized spacial score (nSPS) is 10.1. The Morgan fingerprint density at radius 1 is 1.45 bits per heavy atom. The van der Waals surface area contributed by atoms with Gasteiger partial charge in [0, 0.05) is 9.85 Å². The fourth-order valence-electron chi connectivity index (χ4n) is 1.40. The molecule has 1 amide bonds. The molecule has 0 bridgehead atoms. The molecule has 0 fully saturated rings. The monoisotopic (exact) mass is 354 g/mol. The van der Waals surface area contributed by atoms with Gasteiger partial charge in [-0.1, -0.05) is 22.0 Å². The highest BCUT2D eigenvalue weighted by Gasteiger charge is 2.11. The number of aromatic nitrogens is 1. The fraction of sp³-hybridized carbons (Fsp3) is 0.154. The second-order valence-electron chi connectivity index (χ2n) is 3.93. The SMILES string of the molecule is Cc1csc(NC(=O)COC(=O)c2cccc(Br)c2)n1. The first kappa shape index (κ1) is 14.7. The van der Waals surface area contributed by atoms with Crippen molar-refractivity contribution in [1.82, 2.24) is 4.98 Å². The van der Waals surface area contributed by atoms with Gasteiger partial charge in [-0.3, -0.25) is 10.1 Å². The van der Waals surface area contributed by atoms with Crippen LogP contribution in [-0.2, 0) is 9.53 Å². The number of aryl methyl sites for hydroxylation is 1. The minimum absolute atomic E-state index is 0.343. The number of anilines is 1. The molecule has 0 saturated heterocycles. The average molecular weight is 355 g/mol. The molecule has 1 N–H and O–H groups in total. The zero-order valence-corrected chi connectivity index (χ0v) is 13.0. The van der Waals surface area contributed by atoms with Crippen LogP contribution in [0.25, 0.3) is 0 Å². The molecule has 0 aliphatic heterocycles. The maximum atomic E-state index is 11.7. The van der Waals surface area contributed by atoms with Gasteiger partial charge in [0.05, 0.1) is 11.3 Å². The van der Waals surface area contributed by atoms with E-state index in [1.807, 2.05) is 12.3 Å². The van der Waals surface area contributed by atoms with Gasteiger partial charge in [-0.15, -0.1) is 11.3 Å². The minimum Gasteiger partial charge on any atom is -0.452 e. The number of nitrogens with zero attached hydrogens (tertiary/aromatic N) is 1. The molecule has 104 valence electrons. The number of carbonyl (C=O) groups is 2. The van der Waals surface area contributed by atoms with Crippen molar-refractivity contribution in [1.29, 1.82) is 0 Å². The predicted molar refractivity (Wildman–Crippen MR) is 79.9 cm³/mol. The zero-order valence-electron chi connectivity index (χ0n) is 10.6. The van der Waals surface area contributed by atoms with Crippen LogP contribution in [0.3, 0.4) is 0 Å². The summed E-state index contributed by atoms with van der Waals surface area (Å²) in [7, 11) is 0. The number of carbonyl (C=O) groups excluding carboxylic acids is 2. The summed E-state index contributed by atoms with van der Waals surface area (Å²) in [5, 5.41) is 4.88. The maximum absolute atomic E-state index is 11.7. The van der Waals surface area contributed by atoms with Gasteiger partial charge in [0.15, 0.2) is 11.7 Å². The van der Waals surface area contributed by atoms with Crippen molar-refractivity contribution < 1.29 is 14.3 Å². The van der Waals surface area contributed by atoms with E-state index < -0.39 is 11.9 Å². The third-order valence-corrected chi connectivity index (χ3v) is 3.63. The van der Waals surface area contributed by atoms with Crippen LogP contribution in [-0.4, -0.2) is 23.5 Å². The van der Waals surface area contributed by atoms with Crippen molar-refractivity contribution in [3.05, 3.63) is 45.4 Å². The molecule has 0 spiro atoms. The van der Waals surface area contributed by atoms with Crippen LogP contribution < -0.4 is 5.32 Å². The lowest BCUT2D eigenvalue weighted by molar-refractivity contribution is -0.119. The van der Waals surface area contributed by atoms with E-state index in [2.05, 4.69) is 26.2 Å². The van der Waals surface area contributed by atoms with Crippen molar-refractivity contribution in [2.75, 3.05) is 11.9 Å². The van der Waals surface area contributed by atoms with Crippen molar-refractivity contribution in [2.24, 2.45) is 0 Å². The Balaban J connectivity index is 1.85. The van der Waals surface area contributed by atoms with E-state index in [1.165, 1.54) is 11.3 Å². The summed E-state index contributed by atoms with van der Waals surface area (Å²) < 4.78 is 5.70. The number of thiazole rings is 1. The minimum atomic E-state index is -0.545. The number of esters is 1. The highest BCUT2D eigenvalue weighted by Crippen LogP contribution is 2.14. The number of amides is 1. The molecule has 1 heterocycles. The summed E-state index contributed by atoms with van der Waals surface area (Å²) in [6.45, 7) is 1.49. The fourth-order valence-corrected chi connectivity index (χ4v) is 2.50. The Labute approximate surface area is 128 Å². The Morgan fingerprint density at radius 3 is 2.90 bits per heavy atom. The van der Waals surface area contributed by atoms with Gasteiger partial charge in [-0.05, 0) is 25.1 Å². The molecule has 1 aromatic carbocycles. The summed E-state index contributed by atoms with van der Waals surface area (Å²) in [6.07, 6.45) is 0. The summed E-state index contributed by atoms with van der Waals surface area (Å²) in [6, 6.07) is 6.77. The smallest absolute Gasteiger partial charge is 0.338 e. The molecule has 0 atom stereocenters. The molecule has 2 aromatic rings. The summed E-state index contributed by atoms with van der Waals surface area (Å²) in [4.78, 5) is 27.4. The van der Waals surface area contributed by atoms with Crippen LogP contribution in [0.4, 0.5) is 5.13 Å². The molecule has 0 aliphatic rings. The van der Waals surface area contributed by atoms with Crippen molar-refractivity contribution in [3.63, 3.8) is 0 Å². The van der Waals surface area contributed by atoms with E-state index in [9.17, 15) is 9.59 Å². The van der Waals surface area contributed by atoms with Crippen LogP contribution in [0.5, 0.6) is 0 Å². The second kappa shape index (κ2) is 6.62. The number of halogens is 1. The van der Waals surface area contributed by atoms with Crippen LogP contribution >= 0.6 is 27.3 Å². The molecule has 0 saturated carbocycles.